The van der Waals surface area contributed by atoms with Crippen LogP contribution in [0, 0.1) is 0 Å². The molecule has 0 amide bonds. The van der Waals surface area contributed by atoms with Gasteiger partial charge in [-0.1, -0.05) is 50.1 Å². The Labute approximate surface area is 102 Å². The van der Waals surface area contributed by atoms with Gasteiger partial charge in [0.05, 0.1) is 7.11 Å². The molecule has 0 aliphatic rings. The van der Waals surface area contributed by atoms with E-state index in [1.54, 1.807) is 12.1 Å². The minimum absolute atomic E-state index is 0.400. The molecule has 1 N–H and O–H groups in total. The number of esters is 1. The van der Waals surface area contributed by atoms with Crippen molar-refractivity contribution < 1.29 is 14.6 Å². The molecule has 0 saturated heterocycles. The number of rotatable bonds is 6. The molecule has 3 heteroatoms. The minimum Gasteiger partial charge on any atom is -0.467 e. The third-order valence-corrected chi connectivity index (χ3v) is 2.92. The van der Waals surface area contributed by atoms with Crippen molar-refractivity contribution in [3.8, 4) is 0 Å². The van der Waals surface area contributed by atoms with Crippen molar-refractivity contribution in [2.75, 3.05) is 7.11 Å². The SMILES string of the molecule is CCCCCC(O)(C(=O)OC)c1ccccc1. The predicted octanol–water partition coefficient (Wildman–Crippen LogP) is 2.63. The molecule has 1 unspecified atom stereocenters. The molecule has 1 aromatic carbocycles. The van der Waals surface area contributed by atoms with Crippen LogP contribution in [0.15, 0.2) is 30.3 Å². The van der Waals surface area contributed by atoms with E-state index in [2.05, 4.69) is 6.92 Å². The monoisotopic (exact) mass is 236 g/mol. The van der Waals surface area contributed by atoms with Gasteiger partial charge >= 0.3 is 5.97 Å². The number of benzene rings is 1. The Kier molecular flexibility index (Phi) is 5.16. The van der Waals surface area contributed by atoms with Gasteiger partial charge in [0.1, 0.15) is 0 Å². The quantitative estimate of drug-likeness (QED) is 0.610. The molecule has 0 bridgehead atoms. The summed E-state index contributed by atoms with van der Waals surface area (Å²) < 4.78 is 4.71. The summed E-state index contributed by atoms with van der Waals surface area (Å²) in [7, 11) is 1.30. The number of aliphatic hydroxyl groups is 1. The van der Waals surface area contributed by atoms with E-state index >= 15 is 0 Å². The largest absolute Gasteiger partial charge is 0.467 e. The van der Waals surface area contributed by atoms with Crippen LogP contribution < -0.4 is 0 Å². The number of hydrogen-bond donors (Lipinski definition) is 1. The topological polar surface area (TPSA) is 46.5 Å². The van der Waals surface area contributed by atoms with Crippen LogP contribution >= 0.6 is 0 Å². The highest BCUT2D eigenvalue weighted by Gasteiger charge is 2.38. The molecular formula is C14H20O3. The fourth-order valence-corrected chi connectivity index (χ4v) is 1.88. The Bertz CT molecular complexity index is 348. The first kappa shape index (κ1) is 13.7. The lowest BCUT2D eigenvalue weighted by atomic mass is 9.88. The summed E-state index contributed by atoms with van der Waals surface area (Å²) in [6.45, 7) is 2.08. The van der Waals surface area contributed by atoms with E-state index in [1.165, 1.54) is 7.11 Å². The molecule has 0 fully saturated rings. The van der Waals surface area contributed by atoms with E-state index in [0.29, 0.717) is 12.0 Å². The molecule has 1 rings (SSSR count). The number of hydrogen-bond acceptors (Lipinski definition) is 3. The third kappa shape index (κ3) is 3.30. The molecule has 1 aromatic rings. The van der Waals surface area contributed by atoms with E-state index in [-0.39, 0.29) is 0 Å². The van der Waals surface area contributed by atoms with Gasteiger partial charge in [0.25, 0.3) is 0 Å². The maximum absolute atomic E-state index is 11.8. The normalized spacial score (nSPS) is 14.1. The average molecular weight is 236 g/mol. The van der Waals surface area contributed by atoms with Gasteiger partial charge in [-0.2, -0.15) is 0 Å². The van der Waals surface area contributed by atoms with Crippen LogP contribution in [0.5, 0.6) is 0 Å². The van der Waals surface area contributed by atoms with E-state index < -0.39 is 11.6 Å². The summed E-state index contributed by atoms with van der Waals surface area (Å²) in [5.41, 5.74) is -0.909. The minimum atomic E-state index is -1.51. The second-order valence-electron chi connectivity index (χ2n) is 4.17. The van der Waals surface area contributed by atoms with Crippen molar-refractivity contribution in [1.82, 2.24) is 0 Å². The summed E-state index contributed by atoms with van der Waals surface area (Å²) in [6.07, 6.45) is 3.24. The maximum Gasteiger partial charge on any atom is 0.342 e. The average Bonchev–Trinajstić information content (AvgIpc) is 2.39. The molecule has 0 heterocycles. The predicted molar refractivity (Wildman–Crippen MR) is 66.5 cm³/mol. The van der Waals surface area contributed by atoms with E-state index in [4.69, 9.17) is 4.74 Å². The number of carbonyl (C=O) groups excluding carboxylic acids is 1. The van der Waals surface area contributed by atoms with Gasteiger partial charge in [-0.15, -0.1) is 0 Å². The molecule has 0 aliphatic heterocycles. The Balaban J connectivity index is 2.90. The smallest absolute Gasteiger partial charge is 0.342 e. The van der Waals surface area contributed by atoms with Crippen LogP contribution in [0.25, 0.3) is 0 Å². The zero-order chi connectivity index (χ0) is 12.7. The van der Waals surface area contributed by atoms with Crippen molar-refractivity contribution in [2.24, 2.45) is 0 Å². The molecule has 0 saturated carbocycles. The van der Waals surface area contributed by atoms with Crippen molar-refractivity contribution in [3.63, 3.8) is 0 Å². The van der Waals surface area contributed by atoms with Crippen LogP contribution in [0.4, 0.5) is 0 Å². The number of carbonyl (C=O) groups is 1. The lowest BCUT2D eigenvalue weighted by molar-refractivity contribution is -0.164. The zero-order valence-electron chi connectivity index (χ0n) is 10.5. The standard InChI is InChI=1S/C14H20O3/c1-3-4-8-11-14(16,13(15)17-2)12-9-6-5-7-10-12/h5-7,9-10,16H,3-4,8,11H2,1-2H3. The number of ether oxygens (including phenoxy) is 1. The summed E-state index contributed by atoms with van der Waals surface area (Å²) in [6, 6.07) is 8.98. The summed E-state index contributed by atoms with van der Waals surface area (Å²) in [5.74, 6) is -0.584. The van der Waals surface area contributed by atoms with Crippen molar-refractivity contribution in [1.29, 1.82) is 0 Å². The van der Waals surface area contributed by atoms with Gasteiger partial charge < -0.3 is 9.84 Å². The van der Waals surface area contributed by atoms with Gasteiger partial charge in [-0.3, -0.25) is 0 Å². The first-order chi connectivity index (χ1) is 8.15. The summed E-state index contributed by atoms with van der Waals surface area (Å²) >= 11 is 0. The Hall–Kier alpha value is -1.35. The number of methoxy groups -OCH3 is 1. The molecule has 0 spiro atoms. The molecular weight excluding hydrogens is 216 g/mol. The van der Waals surface area contributed by atoms with Gasteiger partial charge in [-0.25, -0.2) is 4.79 Å². The second-order valence-corrected chi connectivity index (χ2v) is 4.17. The lowest BCUT2D eigenvalue weighted by Crippen LogP contribution is -2.36. The van der Waals surface area contributed by atoms with Crippen LogP contribution in [0.1, 0.15) is 38.2 Å². The summed E-state index contributed by atoms with van der Waals surface area (Å²) in [5, 5.41) is 10.5. The van der Waals surface area contributed by atoms with Crippen molar-refractivity contribution in [3.05, 3.63) is 35.9 Å². The van der Waals surface area contributed by atoms with Gasteiger partial charge in [0.2, 0.25) is 0 Å². The molecule has 94 valence electrons. The highest BCUT2D eigenvalue weighted by atomic mass is 16.5. The van der Waals surface area contributed by atoms with Crippen molar-refractivity contribution in [2.45, 2.75) is 38.2 Å². The highest BCUT2D eigenvalue weighted by Crippen LogP contribution is 2.28. The fraction of sp³-hybridized carbons (Fsp3) is 0.500. The van der Waals surface area contributed by atoms with Gasteiger partial charge in [0.15, 0.2) is 5.60 Å². The van der Waals surface area contributed by atoms with E-state index in [1.807, 2.05) is 18.2 Å². The Morgan fingerprint density at radius 2 is 1.94 bits per heavy atom. The highest BCUT2D eigenvalue weighted by molar-refractivity contribution is 5.80. The molecule has 0 aromatic heterocycles. The van der Waals surface area contributed by atoms with Crippen LogP contribution in [0.2, 0.25) is 0 Å². The molecule has 17 heavy (non-hydrogen) atoms. The Morgan fingerprint density at radius 3 is 2.47 bits per heavy atom. The molecule has 0 aliphatic carbocycles. The van der Waals surface area contributed by atoms with Gasteiger partial charge in [-0.05, 0) is 18.4 Å². The molecule has 0 radical (unpaired) electrons. The number of unbranched alkanes of at least 4 members (excludes halogenated alkanes) is 2. The third-order valence-electron chi connectivity index (χ3n) is 2.92. The van der Waals surface area contributed by atoms with Crippen LogP contribution in [0.3, 0.4) is 0 Å². The lowest BCUT2D eigenvalue weighted by Gasteiger charge is -2.25. The maximum atomic E-state index is 11.8. The molecule has 1 atom stereocenters. The first-order valence-electron chi connectivity index (χ1n) is 6.01. The second kappa shape index (κ2) is 6.40. The van der Waals surface area contributed by atoms with Crippen LogP contribution in [-0.4, -0.2) is 18.2 Å². The Morgan fingerprint density at radius 1 is 1.29 bits per heavy atom. The fourth-order valence-electron chi connectivity index (χ4n) is 1.88. The zero-order valence-corrected chi connectivity index (χ0v) is 10.5. The van der Waals surface area contributed by atoms with E-state index in [9.17, 15) is 9.90 Å². The van der Waals surface area contributed by atoms with E-state index in [0.717, 1.165) is 19.3 Å². The van der Waals surface area contributed by atoms with Crippen molar-refractivity contribution >= 4 is 5.97 Å². The first-order valence-corrected chi connectivity index (χ1v) is 6.01. The molecule has 3 nitrogen and oxygen atoms in total. The van der Waals surface area contributed by atoms with Crippen LogP contribution in [-0.2, 0) is 15.1 Å². The summed E-state index contributed by atoms with van der Waals surface area (Å²) in [4.78, 5) is 11.8. The van der Waals surface area contributed by atoms with Gasteiger partial charge in [0, 0.05) is 0 Å².